The van der Waals surface area contributed by atoms with Crippen LogP contribution in [0.4, 0.5) is 10.3 Å². The molecule has 1 N–H and O–H groups in total. The molecule has 0 bridgehead atoms. The predicted molar refractivity (Wildman–Crippen MR) is 125 cm³/mol. The van der Waals surface area contributed by atoms with E-state index >= 15 is 0 Å². The number of hydrogen-bond donors (Lipinski definition) is 1. The number of likely N-dealkylation sites (N-methyl/N-ethyl adjacent to an activating group) is 1. The molecule has 0 spiro atoms. The highest BCUT2D eigenvalue weighted by Crippen LogP contribution is 2.54. The first-order valence-corrected chi connectivity index (χ1v) is 11.8. The Hall–Kier alpha value is -2.98. The number of nitriles is 1. The van der Waals surface area contributed by atoms with E-state index in [0.29, 0.717) is 29.2 Å². The molecule has 33 heavy (non-hydrogen) atoms. The highest BCUT2D eigenvalue weighted by molar-refractivity contribution is 5.68. The first-order chi connectivity index (χ1) is 15.8. The van der Waals surface area contributed by atoms with Gasteiger partial charge in [-0.25, -0.2) is 14.4 Å². The molecule has 1 fully saturated rings. The summed E-state index contributed by atoms with van der Waals surface area (Å²) in [5.41, 5.74) is 3.05. The van der Waals surface area contributed by atoms with Crippen molar-refractivity contribution in [1.29, 1.82) is 5.26 Å². The van der Waals surface area contributed by atoms with Gasteiger partial charge in [-0.05, 0) is 44.4 Å². The van der Waals surface area contributed by atoms with Crippen LogP contribution in [0.15, 0.2) is 35.6 Å². The smallest absolute Gasteiger partial charge is 0.226 e. The number of aromatic nitrogens is 2. The lowest BCUT2D eigenvalue weighted by Crippen LogP contribution is -2.47. The van der Waals surface area contributed by atoms with Crippen molar-refractivity contribution in [2.24, 2.45) is 11.8 Å². The summed E-state index contributed by atoms with van der Waals surface area (Å²) in [7, 11) is 2.10. The molecule has 0 saturated carbocycles. The second-order valence-electron chi connectivity index (χ2n) is 9.97. The van der Waals surface area contributed by atoms with Crippen LogP contribution in [0.3, 0.4) is 0 Å². The van der Waals surface area contributed by atoms with E-state index in [2.05, 4.69) is 29.8 Å². The minimum Gasteiger partial charge on any atom is -0.511 e. The fourth-order valence-corrected chi connectivity index (χ4v) is 6.04. The summed E-state index contributed by atoms with van der Waals surface area (Å²) in [6, 6.07) is 9.02. The van der Waals surface area contributed by atoms with Crippen molar-refractivity contribution in [3.63, 3.8) is 0 Å². The number of aliphatic hydroxyl groups excluding tert-OH is 1. The zero-order chi connectivity index (χ0) is 23.3. The van der Waals surface area contributed by atoms with Crippen LogP contribution in [0.5, 0.6) is 0 Å². The summed E-state index contributed by atoms with van der Waals surface area (Å²) in [5.74, 6) is 0.594. The lowest BCUT2D eigenvalue weighted by Gasteiger charge is -2.48. The molecule has 5 rings (SSSR count). The van der Waals surface area contributed by atoms with Gasteiger partial charge >= 0.3 is 0 Å². The number of piperazine rings is 1. The minimum atomic E-state index is -0.422. The number of nitrogens with zero attached hydrogens (tertiary/aromatic N) is 5. The van der Waals surface area contributed by atoms with Crippen molar-refractivity contribution in [2.45, 2.75) is 38.5 Å². The molecule has 2 aliphatic carbocycles. The lowest BCUT2D eigenvalue weighted by molar-refractivity contribution is 0.136. The first kappa shape index (κ1) is 21.8. The largest absolute Gasteiger partial charge is 0.511 e. The van der Waals surface area contributed by atoms with Gasteiger partial charge in [0.2, 0.25) is 5.95 Å². The van der Waals surface area contributed by atoms with Crippen LogP contribution < -0.4 is 4.90 Å². The molecule has 2 aromatic rings. The normalized spacial score (nSPS) is 27.7. The summed E-state index contributed by atoms with van der Waals surface area (Å²) in [5, 5.41) is 20.4. The Bertz CT molecular complexity index is 1160. The number of benzene rings is 1. The fourth-order valence-electron chi connectivity index (χ4n) is 6.04. The molecule has 0 radical (unpaired) electrons. The minimum absolute atomic E-state index is 0.120. The van der Waals surface area contributed by atoms with Crippen LogP contribution in [0.25, 0.3) is 11.3 Å². The van der Waals surface area contributed by atoms with Crippen molar-refractivity contribution >= 4 is 5.95 Å². The number of rotatable bonds is 2. The molecule has 2 heterocycles. The van der Waals surface area contributed by atoms with Crippen LogP contribution in [0, 0.1) is 29.0 Å². The van der Waals surface area contributed by atoms with Crippen LogP contribution in [0.1, 0.15) is 37.9 Å². The van der Waals surface area contributed by atoms with Gasteiger partial charge in [-0.15, -0.1) is 0 Å². The first-order valence-electron chi connectivity index (χ1n) is 11.8. The second kappa shape index (κ2) is 8.11. The molecule has 3 atom stereocenters. The maximum Gasteiger partial charge on any atom is 0.226 e. The van der Waals surface area contributed by atoms with E-state index in [0.717, 1.165) is 50.3 Å². The van der Waals surface area contributed by atoms with Gasteiger partial charge in [-0.1, -0.05) is 26.0 Å². The average molecular weight is 448 g/mol. The molecule has 1 aromatic carbocycles. The van der Waals surface area contributed by atoms with E-state index in [1.807, 2.05) is 13.0 Å². The Morgan fingerprint density at radius 1 is 1.18 bits per heavy atom. The van der Waals surface area contributed by atoms with Gasteiger partial charge in [0.1, 0.15) is 11.6 Å². The highest BCUT2D eigenvalue weighted by Gasteiger charge is 2.50. The Morgan fingerprint density at radius 3 is 2.61 bits per heavy atom. The van der Waals surface area contributed by atoms with E-state index in [4.69, 9.17) is 9.97 Å². The number of halogens is 1. The van der Waals surface area contributed by atoms with Gasteiger partial charge in [0.25, 0.3) is 0 Å². The number of aliphatic hydroxyl groups is 1. The zero-order valence-electron chi connectivity index (χ0n) is 19.5. The third-order valence-electron chi connectivity index (χ3n) is 8.00. The zero-order valence-corrected chi connectivity index (χ0v) is 19.5. The summed E-state index contributed by atoms with van der Waals surface area (Å²) >= 11 is 0. The Balaban J connectivity index is 1.71. The summed E-state index contributed by atoms with van der Waals surface area (Å²) in [6.45, 7) is 7.62. The fraction of sp³-hybridized carbons (Fsp3) is 0.500. The lowest BCUT2D eigenvalue weighted by atomic mass is 9.56. The van der Waals surface area contributed by atoms with Crippen molar-refractivity contribution in [2.75, 3.05) is 38.1 Å². The Kier molecular flexibility index (Phi) is 5.37. The van der Waals surface area contributed by atoms with E-state index < -0.39 is 5.41 Å². The molecule has 7 heteroatoms. The van der Waals surface area contributed by atoms with Crippen molar-refractivity contribution in [3.05, 3.63) is 52.7 Å². The number of allylic oxidation sites excluding steroid dienone is 2. The summed E-state index contributed by atoms with van der Waals surface area (Å²) < 4.78 is 15.0. The number of fused-ring (bicyclic) bond motifs is 3. The van der Waals surface area contributed by atoms with Gasteiger partial charge in [-0.3, -0.25) is 0 Å². The maximum atomic E-state index is 15.0. The molecule has 1 aromatic heterocycles. The molecule has 6 nitrogen and oxygen atoms in total. The standard InChI is InChI=1S/C26H30FN5O/c1-16-20-9-8-19-22(18-6-4-5-7-21(18)27)29-25(32-12-10-31(3)11-13-32)30-24(19)26(20,2)14-17(15-28)23(16)33/h4-7,16,20,33H,8-14H2,1-3H3/t16-,20-,26-/m1/s1. The summed E-state index contributed by atoms with van der Waals surface area (Å²) in [6.07, 6.45) is 2.00. The Labute approximate surface area is 194 Å². The topological polar surface area (TPSA) is 76.3 Å². The van der Waals surface area contributed by atoms with Gasteiger partial charge in [0.05, 0.1) is 23.0 Å². The SMILES string of the molecule is C[C@H]1C(O)=C(C#N)C[C@@]2(C)c3nc(N4CCN(C)CC4)nc(-c4ccccc4F)c3CC[C@H]12. The molecule has 0 amide bonds. The van der Waals surface area contributed by atoms with Crippen molar-refractivity contribution in [3.8, 4) is 17.3 Å². The molecule has 1 saturated heterocycles. The quantitative estimate of drug-likeness (QED) is 0.743. The van der Waals surface area contributed by atoms with Crippen LogP contribution >= 0.6 is 0 Å². The monoisotopic (exact) mass is 447 g/mol. The summed E-state index contributed by atoms with van der Waals surface area (Å²) in [4.78, 5) is 14.5. The van der Waals surface area contributed by atoms with Crippen LogP contribution in [-0.2, 0) is 11.8 Å². The van der Waals surface area contributed by atoms with Crippen LogP contribution in [-0.4, -0.2) is 53.2 Å². The van der Waals surface area contributed by atoms with E-state index in [-0.39, 0.29) is 23.4 Å². The predicted octanol–water partition coefficient (Wildman–Crippen LogP) is 4.23. The third kappa shape index (κ3) is 3.48. The van der Waals surface area contributed by atoms with Gasteiger partial charge in [-0.2, -0.15) is 5.26 Å². The highest BCUT2D eigenvalue weighted by atomic mass is 19.1. The van der Waals surface area contributed by atoms with Crippen LogP contribution in [0.2, 0.25) is 0 Å². The molecular formula is C26H30FN5O. The van der Waals surface area contributed by atoms with E-state index in [1.165, 1.54) is 6.07 Å². The molecule has 0 unspecified atom stereocenters. The van der Waals surface area contributed by atoms with Gasteiger partial charge < -0.3 is 14.9 Å². The van der Waals surface area contributed by atoms with Crippen molar-refractivity contribution < 1.29 is 9.50 Å². The third-order valence-corrected chi connectivity index (χ3v) is 8.00. The van der Waals surface area contributed by atoms with E-state index in [1.54, 1.807) is 12.1 Å². The molecule has 3 aliphatic rings. The number of anilines is 1. The molecular weight excluding hydrogens is 417 g/mol. The van der Waals surface area contributed by atoms with E-state index in [9.17, 15) is 14.8 Å². The molecule has 172 valence electrons. The molecule has 1 aliphatic heterocycles. The maximum absolute atomic E-state index is 15.0. The van der Waals surface area contributed by atoms with Gasteiger partial charge in [0, 0.05) is 48.6 Å². The van der Waals surface area contributed by atoms with Crippen molar-refractivity contribution in [1.82, 2.24) is 14.9 Å². The average Bonchev–Trinajstić information content (AvgIpc) is 2.82. The second-order valence-corrected chi connectivity index (χ2v) is 9.97. The van der Waals surface area contributed by atoms with Gasteiger partial charge in [0.15, 0.2) is 0 Å². The Morgan fingerprint density at radius 2 is 1.91 bits per heavy atom. The number of hydrogen-bond acceptors (Lipinski definition) is 6.